The summed E-state index contributed by atoms with van der Waals surface area (Å²) in [5, 5.41) is 13.0. The van der Waals surface area contributed by atoms with Gasteiger partial charge >= 0.3 is 0 Å². The second-order valence-electron chi connectivity index (χ2n) is 4.51. The topological polar surface area (TPSA) is 35.8 Å². The normalized spacial score (nSPS) is 11.4. The van der Waals surface area contributed by atoms with E-state index in [9.17, 15) is 5.21 Å². The van der Waals surface area contributed by atoms with Crippen LogP contribution in [0.1, 0.15) is 19.4 Å². The number of oxime groups is 1. The van der Waals surface area contributed by atoms with Crippen LogP contribution >= 0.6 is 0 Å². The van der Waals surface area contributed by atoms with E-state index in [4.69, 9.17) is 0 Å². The van der Waals surface area contributed by atoms with Crippen LogP contribution in [0.25, 0.3) is 11.1 Å². The Morgan fingerprint density at radius 3 is 2.15 bits per heavy atom. The van der Waals surface area contributed by atoms with Crippen molar-refractivity contribution in [3.8, 4) is 11.1 Å². The summed E-state index contributed by atoms with van der Waals surface area (Å²) in [7, 11) is 0. The highest BCUT2D eigenvalue weighted by atomic mass is 16.4. The van der Waals surface area contributed by atoms with Gasteiger partial charge < -0.3 is 10.1 Å². The number of rotatable bonds is 4. The van der Waals surface area contributed by atoms with Crippen molar-refractivity contribution in [3.05, 3.63) is 60.2 Å². The second-order valence-corrected chi connectivity index (χ2v) is 4.51. The summed E-state index contributed by atoms with van der Waals surface area (Å²) in [6.45, 7) is 5.72. The first-order chi connectivity index (χ1) is 9.81. The third-order valence-corrected chi connectivity index (χ3v) is 3.41. The maximum Gasteiger partial charge on any atom is 0.175 e. The van der Waals surface area contributed by atoms with E-state index in [-0.39, 0.29) is 0 Å². The first kappa shape index (κ1) is 14.1. The van der Waals surface area contributed by atoms with Crippen LogP contribution in [-0.4, -0.2) is 29.0 Å². The second kappa shape index (κ2) is 6.75. The number of nitrogens with zero attached hydrogens (tertiary/aromatic N) is 2. The van der Waals surface area contributed by atoms with Crippen LogP contribution in [-0.2, 0) is 0 Å². The Morgan fingerprint density at radius 2 is 1.55 bits per heavy atom. The average molecular weight is 268 g/mol. The van der Waals surface area contributed by atoms with Gasteiger partial charge in [0.1, 0.15) is 0 Å². The average Bonchev–Trinajstić information content (AvgIpc) is 2.53. The smallest absolute Gasteiger partial charge is 0.175 e. The lowest BCUT2D eigenvalue weighted by Crippen LogP contribution is -2.31. The van der Waals surface area contributed by atoms with E-state index in [0.717, 1.165) is 29.8 Å². The summed E-state index contributed by atoms with van der Waals surface area (Å²) in [4.78, 5) is 2.04. The summed E-state index contributed by atoms with van der Waals surface area (Å²) >= 11 is 0. The molecule has 0 unspecified atom stereocenters. The molecule has 0 aliphatic heterocycles. The molecule has 0 bridgehead atoms. The zero-order valence-electron chi connectivity index (χ0n) is 12.0. The van der Waals surface area contributed by atoms with Gasteiger partial charge in [-0.15, -0.1) is 0 Å². The molecule has 0 aliphatic rings. The maximum atomic E-state index is 9.43. The van der Waals surface area contributed by atoms with E-state index in [2.05, 4.69) is 37.2 Å². The molecule has 0 radical (unpaired) electrons. The lowest BCUT2D eigenvalue weighted by Gasteiger charge is -2.23. The Labute approximate surface area is 120 Å². The molecular weight excluding hydrogens is 248 g/mol. The Balaban J connectivity index is 2.52. The maximum absolute atomic E-state index is 9.43. The first-order valence-corrected chi connectivity index (χ1v) is 6.93. The molecule has 0 aliphatic carbocycles. The van der Waals surface area contributed by atoms with Gasteiger partial charge in [-0.2, -0.15) is 0 Å². The molecule has 0 saturated heterocycles. The van der Waals surface area contributed by atoms with Crippen molar-refractivity contribution in [3.63, 3.8) is 0 Å². The Hall–Kier alpha value is -2.29. The largest absolute Gasteiger partial charge is 0.409 e. The van der Waals surface area contributed by atoms with Crippen molar-refractivity contribution >= 4 is 5.84 Å². The molecule has 2 aromatic rings. The highest BCUT2D eigenvalue weighted by molar-refractivity contribution is 6.04. The third-order valence-electron chi connectivity index (χ3n) is 3.41. The first-order valence-electron chi connectivity index (χ1n) is 6.93. The standard InChI is InChI=1S/C17H20N2O/c1-3-19(4-2)17(18-20)16-13-9-8-12-15(16)14-10-6-5-7-11-14/h5-13,20H,3-4H2,1-2H3/b18-17-. The van der Waals surface area contributed by atoms with E-state index >= 15 is 0 Å². The highest BCUT2D eigenvalue weighted by Crippen LogP contribution is 2.24. The summed E-state index contributed by atoms with van der Waals surface area (Å²) in [6.07, 6.45) is 0. The van der Waals surface area contributed by atoms with Crippen molar-refractivity contribution in [1.82, 2.24) is 4.90 Å². The number of amidine groups is 1. The van der Waals surface area contributed by atoms with Crippen molar-refractivity contribution in [2.45, 2.75) is 13.8 Å². The SMILES string of the molecule is CCN(CC)/C(=N\O)c1ccccc1-c1ccccc1. The summed E-state index contributed by atoms with van der Waals surface area (Å²) < 4.78 is 0. The fraction of sp³-hybridized carbons (Fsp3) is 0.235. The van der Waals surface area contributed by atoms with E-state index in [1.807, 2.05) is 41.3 Å². The Bertz CT molecular complexity index is 575. The predicted octanol–water partition coefficient (Wildman–Crippen LogP) is 3.83. The Kier molecular flexibility index (Phi) is 4.77. The minimum absolute atomic E-state index is 0.620. The molecule has 3 nitrogen and oxygen atoms in total. The van der Waals surface area contributed by atoms with Gasteiger partial charge in [0.25, 0.3) is 0 Å². The van der Waals surface area contributed by atoms with Crippen LogP contribution in [0.15, 0.2) is 59.8 Å². The van der Waals surface area contributed by atoms with Crippen LogP contribution in [0, 0.1) is 0 Å². The molecule has 0 aromatic heterocycles. The summed E-state index contributed by atoms with van der Waals surface area (Å²) in [5.74, 6) is 0.620. The summed E-state index contributed by atoms with van der Waals surface area (Å²) in [6, 6.07) is 18.2. The summed E-state index contributed by atoms with van der Waals surface area (Å²) in [5.41, 5.74) is 3.15. The number of benzene rings is 2. The third kappa shape index (κ3) is 2.82. The van der Waals surface area contributed by atoms with Gasteiger partial charge in [-0.05, 0) is 25.0 Å². The van der Waals surface area contributed by atoms with Crippen molar-refractivity contribution in [2.24, 2.45) is 5.16 Å². The minimum atomic E-state index is 0.620. The fourth-order valence-corrected chi connectivity index (χ4v) is 2.36. The van der Waals surface area contributed by atoms with Gasteiger partial charge in [0.05, 0.1) is 0 Å². The molecule has 0 amide bonds. The van der Waals surface area contributed by atoms with Gasteiger partial charge in [0, 0.05) is 18.7 Å². The minimum Gasteiger partial charge on any atom is -0.409 e. The van der Waals surface area contributed by atoms with E-state index in [0.29, 0.717) is 5.84 Å². The quantitative estimate of drug-likeness (QED) is 0.396. The van der Waals surface area contributed by atoms with Crippen LogP contribution in [0.5, 0.6) is 0 Å². The Morgan fingerprint density at radius 1 is 0.950 bits per heavy atom. The van der Waals surface area contributed by atoms with Gasteiger partial charge in [-0.25, -0.2) is 0 Å². The predicted molar refractivity (Wildman–Crippen MR) is 83.1 cm³/mol. The van der Waals surface area contributed by atoms with E-state index in [1.54, 1.807) is 0 Å². The van der Waals surface area contributed by atoms with Crippen molar-refractivity contribution in [1.29, 1.82) is 0 Å². The molecule has 2 aromatic carbocycles. The molecular formula is C17H20N2O. The van der Waals surface area contributed by atoms with Gasteiger partial charge in [0.15, 0.2) is 5.84 Å². The fourth-order valence-electron chi connectivity index (χ4n) is 2.36. The van der Waals surface area contributed by atoms with E-state index in [1.165, 1.54) is 0 Å². The molecule has 104 valence electrons. The highest BCUT2D eigenvalue weighted by Gasteiger charge is 2.15. The van der Waals surface area contributed by atoms with Crippen LogP contribution < -0.4 is 0 Å². The molecule has 0 fully saturated rings. The van der Waals surface area contributed by atoms with Gasteiger partial charge in [-0.3, -0.25) is 0 Å². The van der Waals surface area contributed by atoms with Crippen molar-refractivity contribution in [2.75, 3.05) is 13.1 Å². The molecule has 1 N–H and O–H groups in total. The molecule has 0 saturated carbocycles. The van der Waals surface area contributed by atoms with E-state index < -0.39 is 0 Å². The van der Waals surface area contributed by atoms with Crippen LogP contribution in [0.3, 0.4) is 0 Å². The monoisotopic (exact) mass is 268 g/mol. The van der Waals surface area contributed by atoms with Crippen LogP contribution in [0.2, 0.25) is 0 Å². The number of hydrogen-bond acceptors (Lipinski definition) is 2. The molecule has 0 spiro atoms. The molecule has 3 heteroatoms. The van der Waals surface area contributed by atoms with Crippen molar-refractivity contribution < 1.29 is 5.21 Å². The zero-order chi connectivity index (χ0) is 14.4. The zero-order valence-corrected chi connectivity index (χ0v) is 12.0. The molecule has 2 rings (SSSR count). The lowest BCUT2D eigenvalue weighted by molar-refractivity contribution is 0.304. The number of hydrogen-bond donors (Lipinski definition) is 1. The van der Waals surface area contributed by atoms with Gasteiger partial charge in [-0.1, -0.05) is 59.8 Å². The molecule has 0 heterocycles. The molecule has 0 atom stereocenters. The lowest BCUT2D eigenvalue weighted by atomic mass is 9.98. The van der Waals surface area contributed by atoms with Crippen LogP contribution in [0.4, 0.5) is 0 Å². The van der Waals surface area contributed by atoms with Gasteiger partial charge in [0.2, 0.25) is 0 Å². The molecule has 20 heavy (non-hydrogen) atoms.